The van der Waals surface area contributed by atoms with Crippen molar-refractivity contribution in [3.8, 4) is 0 Å². The van der Waals surface area contributed by atoms with E-state index in [1.165, 1.54) is 0 Å². The van der Waals surface area contributed by atoms with Crippen molar-refractivity contribution in [2.24, 2.45) is 11.8 Å². The fourth-order valence-electron chi connectivity index (χ4n) is 7.38. The normalized spacial score (nSPS) is 23.2. The Kier molecular flexibility index (Phi) is 6.59. The van der Waals surface area contributed by atoms with Gasteiger partial charge in [0.2, 0.25) is 5.91 Å². The number of hydrogen-bond acceptors (Lipinski definition) is 4. The summed E-state index contributed by atoms with van der Waals surface area (Å²) >= 11 is 6.39. The second kappa shape index (κ2) is 10.4. The maximum Gasteiger partial charge on any atom is 0.238 e. The van der Waals surface area contributed by atoms with Crippen molar-refractivity contribution in [2.45, 2.75) is 37.8 Å². The number of fused-ring (bicyclic) bond motifs is 6. The number of anilines is 2. The van der Waals surface area contributed by atoms with E-state index in [9.17, 15) is 14.4 Å². The average molecular weight is 587 g/mol. The second-order valence-electron chi connectivity index (χ2n) is 12.1. The fourth-order valence-corrected chi connectivity index (χ4v) is 7.56. The van der Waals surface area contributed by atoms with Crippen LogP contribution in [0.2, 0.25) is 5.02 Å². The summed E-state index contributed by atoms with van der Waals surface area (Å²) < 4.78 is 0. The quantitative estimate of drug-likeness (QED) is 0.239. The number of rotatable bonds is 6. The lowest BCUT2D eigenvalue weighted by Crippen LogP contribution is -2.51. The molecule has 0 aromatic heterocycles. The maximum atomic E-state index is 14.9. The molecule has 6 heteroatoms. The van der Waals surface area contributed by atoms with Gasteiger partial charge in [-0.2, -0.15) is 0 Å². The molecule has 5 nitrogen and oxygen atoms in total. The first kappa shape index (κ1) is 27.4. The van der Waals surface area contributed by atoms with Crippen LogP contribution < -0.4 is 10.2 Å². The van der Waals surface area contributed by atoms with Crippen molar-refractivity contribution in [3.05, 3.63) is 136 Å². The smallest absolute Gasteiger partial charge is 0.238 e. The topological polar surface area (TPSA) is 66.5 Å². The second-order valence-corrected chi connectivity index (χ2v) is 12.5. The number of nitrogens with zero attached hydrogens (tertiary/aromatic N) is 1. The number of Topliss-reactive ketones (excluding diaryl/α,β-unsaturated/α-hetero) is 2. The molecule has 0 saturated carbocycles. The Labute approximate surface area is 256 Å². The number of para-hydroxylation sites is 1. The van der Waals surface area contributed by atoms with E-state index < -0.39 is 23.4 Å². The Morgan fingerprint density at radius 2 is 1.58 bits per heavy atom. The van der Waals surface area contributed by atoms with E-state index in [1.807, 2.05) is 95.9 Å². The molecule has 1 saturated heterocycles. The van der Waals surface area contributed by atoms with Crippen LogP contribution in [0.4, 0.5) is 11.4 Å². The van der Waals surface area contributed by atoms with Crippen molar-refractivity contribution >= 4 is 46.5 Å². The number of amides is 1. The van der Waals surface area contributed by atoms with E-state index in [0.717, 1.165) is 28.8 Å². The molecule has 4 aromatic carbocycles. The third-order valence-corrected chi connectivity index (χ3v) is 9.32. The molecule has 0 aliphatic carbocycles. The van der Waals surface area contributed by atoms with Crippen LogP contribution in [0.25, 0.3) is 6.08 Å². The van der Waals surface area contributed by atoms with E-state index in [4.69, 9.17) is 11.6 Å². The predicted molar refractivity (Wildman–Crippen MR) is 171 cm³/mol. The molecule has 3 heterocycles. The van der Waals surface area contributed by atoms with Crippen LogP contribution in [-0.4, -0.2) is 29.6 Å². The fraction of sp³-hybridized carbons (Fsp3) is 0.216. The molecule has 3 aliphatic heterocycles. The van der Waals surface area contributed by atoms with Gasteiger partial charge in [0, 0.05) is 27.5 Å². The van der Waals surface area contributed by atoms with Crippen molar-refractivity contribution < 1.29 is 14.4 Å². The van der Waals surface area contributed by atoms with E-state index in [0.29, 0.717) is 27.8 Å². The minimum atomic E-state index is -1.34. The van der Waals surface area contributed by atoms with Gasteiger partial charge in [-0.05, 0) is 53.3 Å². The zero-order chi connectivity index (χ0) is 29.9. The van der Waals surface area contributed by atoms with Gasteiger partial charge in [0.25, 0.3) is 0 Å². The number of benzene rings is 4. The van der Waals surface area contributed by atoms with Gasteiger partial charge < -0.3 is 10.2 Å². The number of ketones is 2. The van der Waals surface area contributed by atoms with Gasteiger partial charge in [-0.1, -0.05) is 110 Å². The Balaban J connectivity index is 1.49. The summed E-state index contributed by atoms with van der Waals surface area (Å²) in [6.45, 7) is 4.32. The van der Waals surface area contributed by atoms with Crippen molar-refractivity contribution in [2.75, 3.05) is 10.2 Å². The van der Waals surface area contributed by atoms with Crippen molar-refractivity contribution in [1.29, 1.82) is 0 Å². The zero-order valence-electron chi connectivity index (χ0n) is 24.0. The van der Waals surface area contributed by atoms with Crippen LogP contribution >= 0.6 is 11.6 Å². The van der Waals surface area contributed by atoms with E-state index in [2.05, 4.69) is 19.2 Å². The van der Waals surface area contributed by atoms with Gasteiger partial charge in [-0.25, -0.2) is 0 Å². The van der Waals surface area contributed by atoms with Gasteiger partial charge in [-0.3, -0.25) is 14.4 Å². The number of nitrogens with one attached hydrogen (secondary N) is 1. The molecule has 0 unspecified atom stereocenters. The lowest BCUT2D eigenvalue weighted by atomic mass is 9.64. The summed E-state index contributed by atoms with van der Waals surface area (Å²) in [5.41, 5.74) is 3.78. The highest BCUT2D eigenvalue weighted by Gasteiger charge is 2.70. The molecular weight excluding hydrogens is 556 g/mol. The van der Waals surface area contributed by atoms with Gasteiger partial charge in [0.1, 0.15) is 11.5 Å². The standard InChI is InChI=1S/C37H31ClN2O3/c1-22(2)20-23-12-14-25(15-13-23)34(41)32-33(35(42)24-8-4-3-5-9-24)40-30-18-17-27(38)21-26(30)16-19-31(40)37(32)28-10-6-7-11-29(28)39-36(37)43/h3-19,21-22,31-33H,20H2,1-2H3,(H,39,43)/t31-,32-,33-,37+/m1/s1. The minimum Gasteiger partial charge on any atom is -0.352 e. The number of carbonyl (C=O) groups excluding carboxylic acids is 3. The van der Waals surface area contributed by atoms with E-state index >= 15 is 0 Å². The lowest BCUT2D eigenvalue weighted by molar-refractivity contribution is -0.121. The highest BCUT2D eigenvalue weighted by atomic mass is 35.5. The molecule has 7 rings (SSSR count). The van der Waals surface area contributed by atoms with Gasteiger partial charge in [0.05, 0.1) is 12.0 Å². The first-order valence-electron chi connectivity index (χ1n) is 14.7. The van der Waals surface area contributed by atoms with E-state index in [-0.39, 0.29) is 17.5 Å². The van der Waals surface area contributed by atoms with Crippen LogP contribution in [0.3, 0.4) is 0 Å². The van der Waals surface area contributed by atoms with Gasteiger partial charge in [0.15, 0.2) is 11.6 Å². The van der Waals surface area contributed by atoms with Crippen LogP contribution in [0.15, 0.2) is 103 Å². The molecule has 43 heavy (non-hydrogen) atoms. The van der Waals surface area contributed by atoms with Crippen molar-refractivity contribution in [1.82, 2.24) is 0 Å². The highest BCUT2D eigenvalue weighted by molar-refractivity contribution is 6.31. The summed E-state index contributed by atoms with van der Waals surface area (Å²) in [6.07, 6.45) is 4.81. The summed E-state index contributed by atoms with van der Waals surface area (Å²) in [7, 11) is 0. The molecular formula is C37H31ClN2O3. The molecule has 4 aromatic rings. The molecule has 1 fully saturated rings. The molecule has 1 spiro atoms. The third kappa shape index (κ3) is 4.17. The van der Waals surface area contributed by atoms with Crippen LogP contribution in [0.5, 0.6) is 0 Å². The SMILES string of the molecule is CC(C)Cc1ccc(C(=O)[C@H]2[C@H](C(=O)c3ccccc3)N3c4ccc(Cl)cc4C=C[C@@H]3[C@]23C(=O)Nc2ccccc23)cc1. The van der Waals surface area contributed by atoms with Crippen molar-refractivity contribution in [3.63, 3.8) is 0 Å². The average Bonchev–Trinajstić information content (AvgIpc) is 3.49. The summed E-state index contributed by atoms with van der Waals surface area (Å²) in [6, 6.07) is 28.2. The maximum absolute atomic E-state index is 14.9. The third-order valence-electron chi connectivity index (χ3n) is 9.09. The first-order chi connectivity index (χ1) is 20.8. The van der Waals surface area contributed by atoms with Crippen LogP contribution in [0, 0.1) is 11.8 Å². The van der Waals surface area contributed by atoms with Crippen LogP contribution in [0.1, 0.15) is 51.3 Å². The minimum absolute atomic E-state index is 0.203. The molecule has 4 atom stereocenters. The molecule has 0 radical (unpaired) electrons. The Hall–Kier alpha value is -4.48. The number of carbonyl (C=O) groups is 3. The summed E-state index contributed by atoms with van der Waals surface area (Å²) in [4.78, 5) is 46.1. The summed E-state index contributed by atoms with van der Waals surface area (Å²) in [5, 5.41) is 3.65. The van der Waals surface area contributed by atoms with Crippen LogP contribution in [-0.2, 0) is 16.6 Å². The van der Waals surface area contributed by atoms with Gasteiger partial charge in [-0.15, -0.1) is 0 Å². The first-order valence-corrected chi connectivity index (χ1v) is 15.1. The molecule has 1 amide bonds. The lowest BCUT2D eigenvalue weighted by Gasteiger charge is -2.37. The Morgan fingerprint density at radius 1 is 0.884 bits per heavy atom. The van der Waals surface area contributed by atoms with E-state index in [1.54, 1.807) is 18.2 Å². The molecule has 0 bridgehead atoms. The Morgan fingerprint density at radius 3 is 2.33 bits per heavy atom. The van der Waals surface area contributed by atoms with Gasteiger partial charge >= 0.3 is 0 Å². The number of halogens is 1. The molecule has 1 N–H and O–H groups in total. The molecule has 3 aliphatic rings. The highest BCUT2D eigenvalue weighted by Crippen LogP contribution is 2.58. The largest absolute Gasteiger partial charge is 0.352 e. The monoisotopic (exact) mass is 586 g/mol. The summed E-state index contributed by atoms with van der Waals surface area (Å²) in [5.74, 6) is -1.23. The molecule has 214 valence electrons. The Bertz CT molecular complexity index is 1800. The zero-order valence-corrected chi connectivity index (χ0v) is 24.7. The number of hydrogen-bond donors (Lipinski definition) is 1. The predicted octanol–water partition coefficient (Wildman–Crippen LogP) is 7.39.